The molecule has 0 bridgehead atoms. The zero-order chi connectivity index (χ0) is 13.3. The highest BCUT2D eigenvalue weighted by atomic mass is 35.5. The van der Waals surface area contributed by atoms with Gasteiger partial charge in [-0.05, 0) is 31.2 Å². The second-order valence-electron chi connectivity index (χ2n) is 3.93. The van der Waals surface area contributed by atoms with Crippen molar-refractivity contribution in [2.75, 3.05) is 0 Å². The number of hydrogen-bond donors (Lipinski definition) is 1. The number of phenolic OH excluding ortho intramolecular Hbond substituents is 1. The van der Waals surface area contributed by atoms with Crippen molar-refractivity contribution in [3.8, 4) is 5.75 Å². The predicted octanol–water partition coefficient (Wildman–Crippen LogP) is 3.19. The van der Waals surface area contributed by atoms with Crippen molar-refractivity contribution in [3.63, 3.8) is 0 Å². The Kier molecular flexibility index (Phi) is 3.32. The van der Waals surface area contributed by atoms with Gasteiger partial charge < -0.3 is 5.11 Å². The van der Waals surface area contributed by atoms with Crippen LogP contribution in [0.4, 0.5) is 0 Å². The summed E-state index contributed by atoms with van der Waals surface area (Å²) in [6.07, 6.45) is 0. The lowest BCUT2D eigenvalue weighted by atomic mass is 10.2. The quantitative estimate of drug-likeness (QED) is 0.920. The molecule has 94 valence electrons. The van der Waals surface area contributed by atoms with Gasteiger partial charge >= 0.3 is 0 Å². The second kappa shape index (κ2) is 4.63. The van der Waals surface area contributed by atoms with Gasteiger partial charge in [-0.3, -0.25) is 0 Å². The van der Waals surface area contributed by atoms with Crippen molar-refractivity contribution in [2.45, 2.75) is 16.7 Å². The lowest BCUT2D eigenvalue weighted by molar-refractivity contribution is 0.473. The molecule has 0 atom stereocenters. The van der Waals surface area contributed by atoms with E-state index in [2.05, 4.69) is 0 Å². The molecular formula is C13H11ClO3S. The van der Waals surface area contributed by atoms with E-state index in [9.17, 15) is 13.5 Å². The Hall–Kier alpha value is -1.52. The molecule has 18 heavy (non-hydrogen) atoms. The minimum absolute atomic E-state index is 0.0215. The molecule has 0 fully saturated rings. The van der Waals surface area contributed by atoms with E-state index in [0.717, 1.165) is 11.6 Å². The zero-order valence-electron chi connectivity index (χ0n) is 9.59. The summed E-state index contributed by atoms with van der Waals surface area (Å²) < 4.78 is 24.5. The molecular weight excluding hydrogens is 272 g/mol. The largest absolute Gasteiger partial charge is 0.506 e. The summed E-state index contributed by atoms with van der Waals surface area (Å²) in [6.45, 7) is 1.88. The van der Waals surface area contributed by atoms with Crippen LogP contribution in [0.1, 0.15) is 5.56 Å². The number of halogens is 1. The fourth-order valence-corrected chi connectivity index (χ4v) is 2.91. The van der Waals surface area contributed by atoms with Crippen LogP contribution in [-0.4, -0.2) is 13.5 Å². The van der Waals surface area contributed by atoms with Gasteiger partial charge in [0, 0.05) is 6.07 Å². The molecule has 0 unspecified atom stereocenters. The Balaban J connectivity index is 2.54. The van der Waals surface area contributed by atoms with E-state index in [1.165, 1.54) is 24.3 Å². The van der Waals surface area contributed by atoms with Gasteiger partial charge in [-0.1, -0.05) is 29.3 Å². The van der Waals surface area contributed by atoms with Gasteiger partial charge in [-0.2, -0.15) is 0 Å². The lowest BCUT2D eigenvalue weighted by Crippen LogP contribution is -2.01. The van der Waals surface area contributed by atoms with Crippen LogP contribution in [0.5, 0.6) is 5.75 Å². The number of phenols is 1. The number of aryl methyl sites for hydroxylation is 1. The topological polar surface area (TPSA) is 54.4 Å². The summed E-state index contributed by atoms with van der Waals surface area (Å²) in [5, 5.41) is 9.58. The summed E-state index contributed by atoms with van der Waals surface area (Å²) in [5.41, 5.74) is 0.980. The number of hydrogen-bond acceptors (Lipinski definition) is 3. The van der Waals surface area contributed by atoms with E-state index >= 15 is 0 Å². The van der Waals surface area contributed by atoms with Gasteiger partial charge in [-0.25, -0.2) is 8.42 Å². The molecule has 0 radical (unpaired) electrons. The fourth-order valence-electron chi connectivity index (χ4n) is 1.51. The molecule has 2 aromatic rings. The van der Waals surface area contributed by atoms with Crippen molar-refractivity contribution in [1.82, 2.24) is 0 Å². The molecule has 2 rings (SSSR count). The molecule has 1 N–H and O–H groups in total. The molecule has 0 aliphatic rings. The van der Waals surface area contributed by atoms with Crippen molar-refractivity contribution >= 4 is 21.4 Å². The van der Waals surface area contributed by atoms with Crippen LogP contribution in [0.2, 0.25) is 5.02 Å². The Morgan fingerprint density at radius 3 is 2.11 bits per heavy atom. The number of sulfone groups is 1. The van der Waals surface area contributed by atoms with Gasteiger partial charge in [0.2, 0.25) is 9.84 Å². The first-order valence-electron chi connectivity index (χ1n) is 5.21. The van der Waals surface area contributed by atoms with Crippen LogP contribution >= 0.6 is 11.6 Å². The van der Waals surface area contributed by atoms with Gasteiger partial charge in [0.25, 0.3) is 0 Å². The monoisotopic (exact) mass is 282 g/mol. The normalized spacial score (nSPS) is 11.4. The predicted molar refractivity (Wildman–Crippen MR) is 69.7 cm³/mol. The highest BCUT2D eigenvalue weighted by Crippen LogP contribution is 2.29. The Morgan fingerprint density at radius 1 is 1.00 bits per heavy atom. The number of aromatic hydroxyl groups is 1. The minimum atomic E-state index is -3.61. The summed E-state index contributed by atoms with van der Waals surface area (Å²) in [6, 6.07) is 10.4. The average Bonchev–Trinajstić information content (AvgIpc) is 2.33. The average molecular weight is 283 g/mol. The third-order valence-corrected chi connectivity index (χ3v) is 4.65. The SMILES string of the molecule is Cc1ccc(S(=O)(=O)c2ccc(Cl)c(O)c2)cc1. The van der Waals surface area contributed by atoms with Gasteiger partial charge in [-0.15, -0.1) is 0 Å². The molecule has 3 nitrogen and oxygen atoms in total. The first-order valence-corrected chi connectivity index (χ1v) is 7.07. The smallest absolute Gasteiger partial charge is 0.206 e. The van der Waals surface area contributed by atoms with Crippen molar-refractivity contribution < 1.29 is 13.5 Å². The number of benzene rings is 2. The van der Waals surface area contributed by atoms with E-state index < -0.39 is 9.84 Å². The third kappa shape index (κ3) is 2.35. The first kappa shape index (κ1) is 12.9. The van der Waals surface area contributed by atoms with E-state index in [1.807, 2.05) is 6.92 Å². The van der Waals surface area contributed by atoms with Crippen LogP contribution in [0, 0.1) is 6.92 Å². The van der Waals surface area contributed by atoms with E-state index in [4.69, 9.17) is 11.6 Å². The molecule has 0 aliphatic carbocycles. The summed E-state index contributed by atoms with van der Waals surface area (Å²) in [5.74, 6) is -0.246. The van der Waals surface area contributed by atoms with Crippen LogP contribution < -0.4 is 0 Å². The standard InChI is InChI=1S/C13H11ClO3S/c1-9-2-4-10(5-3-9)18(16,17)11-6-7-12(14)13(15)8-11/h2-8,15H,1H3. The molecule has 0 aromatic heterocycles. The maximum absolute atomic E-state index is 12.3. The third-order valence-electron chi connectivity index (χ3n) is 2.56. The van der Waals surface area contributed by atoms with Crippen LogP contribution in [0.15, 0.2) is 52.3 Å². The highest BCUT2D eigenvalue weighted by Gasteiger charge is 2.18. The Morgan fingerprint density at radius 2 is 1.56 bits per heavy atom. The molecule has 0 saturated carbocycles. The molecule has 5 heteroatoms. The first-order chi connectivity index (χ1) is 8.41. The van der Waals surface area contributed by atoms with E-state index in [0.29, 0.717) is 0 Å². The van der Waals surface area contributed by atoms with E-state index in [1.54, 1.807) is 12.1 Å². The second-order valence-corrected chi connectivity index (χ2v) is 6.29. The van der Waals surface area contributed by atoms with Gasteiger partial charge in [0.05, 0.1) is 14.8 Å². The molecule has 0 amide bonds. The van der Waals surface area contributed by atoms with Crippen LogP contribution in [0.25, 0.3) is 0 Å². The summed E-state index contributed by atoms with van der Waals surface area (Å²) >= 11 is 5.65. The minimum Gasteiger partial charge on any atom is -0.506 e. The summed E-state index contributed by atoms with van der Waals surface area (Å²) in [4.78, 5) is 0.211. The van der Waals surface area contributed by atoms with Gasteiger partial charge in [0.15, 0.2) is 0 Å². The summed E-state index contributed by atoms with van der Waals surface area (Å²) in [7, 11) is -3.61. The maximum atomic E-state index is 12.3. The lowest BCUT2D eigenvalue weighted by Gasteiger charge is -2.06. The molecule has 2 aromatic carbocycles. The van der Waals surface area contributed by atoms with Crippen molar-refractivity contribution in [1.29, 1.82) is 0 Å². The molecule has 0 saturated heterocycles. The zero-order valence-corrected chi connectivity index (χ0v) is 11.2. The number of rotatable bonds is 2. The molecule has 0 spiro atoms. The van der Waals surface area contributed by atoms with Crippen LogP contribution in [-0.2, 0) is 9.84 Å². The molecule has 0 aliphatic heterocycles. The van der Waals surface area contributed by atoms with Crippen molar-refractivity contribution in [3.05, 3.63) is 53.1 Å². The highest BCUT2D eigenvalue weighted by molar-refractivity contribution is 7.91. The Bertz CT molecular complexity index is 676. The van der Waals surface area contributed by atoms with E-state index in [-0.39, 0.29) is 20.6 Å². The van der Waals surface area contributed by atoms with Crippen molar-refractivity contribution in [2.24, 2.45) is 0 Å². The molecule has 0 heterocycles. The fraction of sp³-hybridized carbons (Fsp3) is 0.0769. The Labute approximate surface area is 111 Å². The maximum Gasteiger partial charge on any atom is 0.206 e. The van der Waals surface area contributed by atoms with Gasteiger partial charge in [0.1, 0.15) is 5.75 Å². The van der Waals surface area contributed by atoms with Crippen LogP contribution in [0.3, 0.4) is 0 Å².